The van der Waals surface area contributed by atoms with E-state index in [1.807, 2.05) is 6.07 Å². The molecule has 0 saturated carbocycles. The Morgan fingerprint density at radius 2 is 2.11 bits per heavy atom. The quantitative estimate of drug-likeness (QED) is 0.303. The van der Waals surface area contributed by atoms with E-state index in [9.17, 15) is 4.79 Å². The molecule has 1 aromatic carbocycles. The zero-order valence-corrected chi connectivity index (χ0v) is 17.7. The highest BCUT2D eigenvalue weighted by atomic mass is 16.5. The summed E-state index contributed by atoms with van der Waals surface area (Å²) in [5.41, 5.74) is 5.09. The largest absolute Gasteiger partial charge is 0.457 e. The van der Waals surface area contributed by atoms with Gasteiger partial charge in [0.25, 0.3) is 0 Å². The van der Waals surface area contributed by atoms with Gasteiger partial charge in [-0.2, -0.15) is 0 Å². The Labute approximate surface area is 168 Å². The van der Waals surface area contributed by atoms with Crippen LogP contribution in [0.25, 0.3) is 0 Å². The maximum atomic E-state index is 12.5. The molecule has 0 amide bonds. The molecule has 2 aromatic rings. The molecule has 1 aliphatic rings. The highest BCUT2D eigenvalue weighted by molar-refractivity contribution is 5.88. The molecule has 1 unspecified atom stereocenters. The van der Waals surface area contributed by atoms with Crippen LogP contribution >= 0.6 is 0 Å². The molecule has 1 heterocycles. The van der Waals surface area contributed by atoms with Crippen molar-refractivity contribution in [2.75, 3.05) is 0 Å². The van der Waals surface area contributed by atoms with E-state index in [-0.39, 0.29) is 5.76 Å². The first-order chi connectivity index (χ1) is 13.4. The fourth-order valence-corrected chi connectivity index (χ4v) is 4.41. The molecule has 1 aliphatic carbocycles. The van der Waals surface area contributed by atoms with Crippen molar-refractivity contribution in [2.24, 2.45) is 5.92 Å². The number of allylic oxidation sites excluding steroid dienone is 2. The van der Waals surface area contributed by atoms with Crippen molar-refractivity contribution in [3.05, 3.63) is 64.6 Å². The van der Waals surface area contributed by atoms with Crippen LogP contribution < -0.4 is 4.74 Å². The van der Waals surface area contributed by atoms with E-state index in [2.05, 4.69) is 46.8 Å². The Morgan fingerprint density at radius 3 is 2.79 bits per heavy atom. The fourth-order valence-electron chi connectivity index (χ4n) is 4.41. The number of furan rings is 1. The molecule has 28 heavy (non-hydrogen) atoms. The summed E-state index contributed by atoms with van der Waals surface area (Å²) in [6.45, 7) is 11.0. The number of ether oxygens (including phenoxy) is 1. The van der Waals surface area contributed by atoms with Gasteiger partial charge in [0.2, 0.25) is 5.76 Å². The summed E-state index contributed by atoms with van der Waals surface area (Å²) in [6, 6.07) is 7.64. The molecule has 0 spiro atoms. The first-order valence-electron chi connectivity index (χ1n) is 10.4. The molecule has 0 aliphatic heterocycles. The molecule has 0 fully saturated rings. The number of benzene rings is 1. The Kier molecular flexibility index (Phi) is 6.43. The molecule has 0 saturated heterocycles. The maximum Gasteiger partial charge on any atom is 0.379 e. The number of carbonyl (C=O) groups excluding carboxylic acids is 1. The summed E-state index contributed by atoms with van der Waals surface area (Å²) in [5.74, 6) is 2.01. The highest BCUT2D eigenvalue weighted by Crippen LogP contribution is 2.47. The van der Waals surface area contributed by atoms with Crippen LogP contribution in [0.3, 0.4) is 0 Å². The van der Waals surface area contributed by atoms with Gasteiger partial charge in [0.1, 0.15) is 5.75 Å². The van der Waals surface area contributed by atoms with Crippen molar-refractivity contribution in [2.45, 2.75) is 72.1 Å². The van der Waals surface area contributed by atoms with Crippen molar-refractivity contribution in [3.63, 3.8) is 0 Å². The second kappa shape index (κ2) is 8.81. The average molecular weight is 381 g/mol. The van der Waals surface area contributed by atoms with E-state index in [1.54, 1.807) is 12.1 Å². The third kappa shape index (κ3) is 4.57. The number of carbonyl (C=O) groups is 1. The minimum atomic E-state index is -0.427. The monoisotopic (exact) mass is 380 g/mol. The van der Waals surface area contributed by atoms with E-state index in [4.69, 9.17) is 9.15 Å². The molecule has 0 bridgehead atoms. The van der Waals surface area contributed by atoms with Gasteiger partial charge >= 0.3 is 5.97 Å². The van der Waals surface area contributed by atoms with Gasteiger partial charge in [-0.3, -0.25) is 0 Å². The summed E-state index contributed by atoms with van der Waals surface area (Å²) in [7, 11) is 0. The van der Waals surface area contributed by atoms with Gasteiger partial charge in [-0.15, -0.1) is 0 Å². The van der Waals surface area contributed by atoms with Crippen LogP contribution in [0.15, 0.2) is 46.6 Å². The standard InChI is InChI=1S/C25H32O3/c1-16(2)8-6-9-18(4)20-12-11-19(5)24-21(20)14-17(3)15-23(24)28-25(26)22-10-7-13-27-22/h7-8,10,13-15,18-20H,6,9,11-12H2,1-5H3/t18-,19+,20?/m0/s1. The normalized spacial score (nSPS) is 19.6. The summed E-state index contributed by atoms with van der Waals surface area (Å²) >= 11 is 0. The zero-order chi connectivity index (χ0) is 20.3. The van der Waals surface area contributed by atoms with Crippen LogP contribution in [0.2, 0.25) is 0 Å². The molecule has 3 atom stereocenters. The predicted octanol–water partition coefficient (Wildman–Crippen LogP) is 7.17. The summed E-state index contributed by atoms with van der Waals surface area (Å²) in [5, 5.41) is 0. The Morgan fingerprint density at radius 1 is 1.32 bits per heavy atom. The average Bonchev–Trinajstić information content (AvgIpc) is 3.15. The first-order valence-corrected chi connectivity index (χ1v) is 10.4. The van der Waals surface area contributed by atoms with E-state index >= 15 is 0 Å². The molecule has 1 aromatic heterocycles. The maximum absolute atomic E-state index is 12.5. The van der Waals surface area contributed by atoms with Gasteiger partial charge in [-0.05, 0) is 93.5 Å². The van der Waals surface area contributed by atoms with Crippen LogP contribution in [-0.4, -0.2) is 5.97 Å². The van der Waals surface area contributed by atoms with Crippen molar-refractivity contribution in [1.82, 2.24) is 0 Å². The third-order valence-corrected chi connectivity index (χ3v) is 5.91. The van der Waals surface area contributed by atoms with Crippen LogP contribution in [0, 0.1) is 12.8 Å². The number of aryl methyl sites for hydroxylation is 1. The summed E-state index contributed by atoms with van der Waals surface area (Å²) in [4.78, 5) is 12.5. The second-order valence-electron chi connectivity index (χ2n) is 8.55. The van der Waals surface area contributed by atoms with Gasteiger partial charge in [-0.25, -0.2) is 4.79 Å². The molecule has 3 heteroatoms. The van der Waals surface area contributed by atoms with Gasteiger partial charge in [0.05, 0.1) is 6.26 Å². The third-order valence-electron chi connectivity index (χ3n) is 5.91. The smallest absolute Gasteiger partial charge is 0.379 e. The van der Waals surface area contributed by atoms with Gasteiger partial charge in [0.15, 0.2) is 0 Å². The molecule has 3 rings (SSSR count). The second-order valence-corrected chi connectivity index (χ2v) is 8.55. The Bertz CT molecular complexity index is 841. The minimum Gasteiger partial charge on any atom is -0.457 e. The summed E-state index contributed by atoms with van der Waals surface area (Å²) in [6.07, 6.45) is 8.44. The topological polar surface area (TPSA) is 39.4 Å². The van der Waals surface area contributed by atoms with Crippen LogP contribution in [0.5, 0.6) is 5.75 Å². The number of hydrogen-bond acceptors (Lipinski definition) is 3. The van der Waals surface area contributed by atoms with Crippen molar-refractivity contribution in [1.29, 1.82) is 0 Å². The van der Waals surface area contributed by atoms with E-state index in [0.717, 1.165) is 18.4 Å². The van der Waals surface area contributed by atoms with Gasteiger partial charge in [0, 0.05) is 5.56 Å². The Hall–Kier alpha value is -2.29. The molecular weight excluding hydrogens is 348 g/mol. The predicted molar refractivity (Wildman–Crippen MR) is 113 cm³/mol. The zero-order valence-electron chi connectivity index (χ0n) is 17.7. The highest BCUT2D eigenvalue weighted by Gasteiger charge is 2.32. The van der Waals surface area contributed by atoms with Crippen molar-refractivity contribution < 1.29 is 13.9 Å². The number of fused-ring (bicyclic) bond motifs is 1. The van der Waals surface area contributed by atoms with E-state index in [1.165, 1.54) is 35.8 Å². The number of esters is 1. The number of rotatable bonds is 6. The Balaban J connectivity index is 1.89. The SMILES string of the molecule is CC(C)=CCC[C@H](C)C1CC[C@@H](C)c2c(OC(=O)c3ccco3)cc(C)cc21. The molecule has 150 valence electrons. The van der Waals surface area contributed by atoms with Crippen LogP contribution in [-0.2, 0) is 0 Å². The number of hydrogen-bond donors (Lipinski definition) is 0. The van der Waals surface area contributed by atoms with Crippen LogP contribution in [0.1, 0.15) is 92.5 Å². The lowest BCUT2D eigenvalue weighted by molar-refractivity contribution is 0.0698. The molecule has 0 N–H and O–H groups in total. The lowest BCUT2D eigenvalue weighted by atomic mass is 9.71. The molecular formula is C25H32O3. The lowest BCUT2D eigenvalue weighted by Crippen LogP contribution is -2.21. The van der Waals surface area contributed by atoms with Gasteiger partial charge < -0.3 is 9.15 Å². The van der Waals surface area contributed by atoms with Gasteiger partial charge in [-0.1, -0.05) is 31.6 Å². The van der Waals surface area contributed by atoms with E-state index < -0.39 is 5.97 Å². The van der Waals surface area contributed by atoms with Crippen molar-refractivity contribution >= 4 is 5.97 Å². The van der Waals surface area contributed by atoms with Crippen LogP contribution in [0.4, 0.5) is 0 Å². The minimum absolute atomic E-state index is 0.241. The fraction of sp³-hybridized carbons (Fsp3) is 0.480. The molecule has 3 nitrogen and oxygen atoms in total. The first kappa shape index (κ1) is 20.4. The van der Waals surface area contributed by atoms with E-state index in [0.29, 0.717) is 23.5 Å². The molecule has 0 radical (unpaired) electrons. The summed E-state index contributed by atoms with van der Waals surface area (Å²) < 4.78 is 11.0. The van der Waals surface area contributed by atoms with Crippen molar-refractivity contribution in [3.8, 4) is 5.75 Å². The lowest BCUT2D eigenvalue weighted by Gasteiger charge is -2.35.